The van der Waals surface area contributed by atoms with Gasteiger partial charge < -0.3 is 10.0 Å². The van der Waals surface area contributed by atoms with Crippen molar-refractivity contribution in [3.8, 4) is 0 Å². The third kappa shape index (κ3) is 2.91. The zero-order chi connectivity index (χ0) is 15.7. The van der Waals surface area contributed by atoms with E-state index in [2.05, 4.69) is 4.37 Å². The summed E-state index contributed by atoms with van der Waals surface area (Å²) in [5.41, 5.74) is 1.65. The quantitative estimate of drug-likeness (QED) is 0.939. The fourth-order valence-corrected chi connectivity index (χ4v) is 2.95. The molecule has 1 N–H and O–H groups in total. The Labute approximate surface area is 130 Å². The molecule has 1 aromatic carbocycles. The Balaban J connectivity index is 2.45. The van der Waals surface area contributed by atoms with Crippen molar-refractivity contribution in [2.45, 2.75) is 13.8 Å². The van der Waals surface area contributed by atoms with Gasteiger partial charge in [-0.05, 0) is 43.1 Å². The summed E-state index contributed by atoms with van der Waals surface area (Å²) in [6.45, 7) is 3.40. The maximum Gasteiger partial charge on any atom is 0.340 e. The predicted octanol–water partition coefficient (Wildman–Crippen LogP) is 3.39. The molecule has 0 aliphatic carbocycles. The fraction of sp³-hybridized carbons (Fsp3) is 0.214. The number of amides is 1. The third-order valence-corrected chi connectivity index (χ3v) is 4.35. The van der Waals surface area contributed by atoms with Crippen LogP contribution in [0.5, 0.6) is 0 Å². The van der Waals surface area contributed by atoms with Crippen molar-refractivity contribution < 1.29 is 14.7 Å². The fourth-order valence-electron chi connectivity index (χ4n) is 1.93. The van der Waals surface area contributed by atoms with Crippen molar-refractivity contribution in [3.63, 3.8) is 0 Å². The van der Waals surface area contributed by atoms with Gasteiger partial charge >= 0.3 is 5.97 Å². The summed E-state index contributed by atoms with van der Waals surface area (Å²) in [7, 11) is 1.53. The van der Waals surface area contributed by atoms with Crippen LogP contribution in [0.15, 0.2) is 18.2 Å². The smallest absolute Gasteiger partial charge is 0.340 e. The van der Waals surface area contributed by atoms with E-state index < -0.39 is 5.97 Å². The van der Waals surface area contributed by atoms with Crippen LogP contribution in [0.4, 0.5) is 5.00 Å². The highest BCUT2D eigenvalue weighted by Crippen LogP contribution is 2.29. The lowest BCUT2D eigenvalue weighted by Crippen LogP contribution is -2.27. The van der Waals surface area contributed by atoms with Gasteiger partial charge in [-0.2, -0.15) is 4.37 Å². The van der Waals surface area contributed by atoms with Crippen LogP contribution in [0.2, 0.25) is 5.02 Å². The molecule has 0 aliphatic rings. The van der Waals surface area contributed by atoms with E-state index >= 15 is 0 Å². The Kier molecular flexibility index (Phi) is 4.29. The zero-order valence-electron chi connectivity index (χ0n) is 11.7. The minimum atomic E-state index is -1.10. The number of carbonyl (C=O) groups is 2. The van der Waals surface area contributed by atoms with E-state index in [1.807, 2.05) is 0 Å². The molecule has 2 aromatic rings. The first-order valence-electron chi connectivity index (χ1n) is 6.06. The van der Waals surface area contributed by atoms with E-state index in [4.69, 9.17) is 11.6 Å². The van der Waals surface area contributed by atoms with Crippen LogP contribution < -0.4 is 4.90 Å². The molecule has 5 nitrogen and oxygen atoms in total. The first-order valence-corrected chi connectivity index (χ1v) is 7.21. The Morgan fingerprint density at radius 1 is 1.33 bits per heavy atom. The SMILES string of the molecule is Cc1ccc(Cl)cc1C(=O)N(C)c1snc(C)c1C(=O)O. The van der Waals surface area contributed by atoms with E-state index in [1.165, 1.54) is 11.9 Å². The van der Waals surface area contributed by atoms with Crippen LogP contribution in [0.25, 0.3) is 0 Å². The van der Waals surface area contributed by atoms with Crippen molar-refractivity contribution in [1.82, 2.24) is 4.37 Å². The van der Waals surface area contributed by atoms with Crippen molar-refractivity contribution in [2.24, 2.45) is 0 Å². The molecule has 0 aliphatic heterocycles. The standard InChI is InChI=1S/C14H13ClN2O3S/c1-7-4-5-9(15)6-10(7)12(18)17(3)13-11(14(19)20)8(2)16-21-13/h4-6H,1-3H3,(H,19,20). The Hall–Kier alpha value is -1.92. The predicted molar refractivity (Wildman–Crippen MR) is 82.7 cm³/mol. The molecule has 110 valence electrons. The summed E-state index contributed by atoms with van der Waals surface area (Å²) < 4.78 is 4.02. The second-order valence-electron chi connectivity index (χ2n) is 4.58. The van der Waals surface area contributed by atoms with Gasteiger partial charge in [-0.25, -0.2) is 4.79 Å². The summed E-state index contributed by atoms with van der Waals surface area (Å²) in [5.74, 6) is -1.42. The van der Waals surface area contributed by atoms with Crippen molar-refractivity contribution in [1.29, 1.82) is 0 Å². The first kappa shape index (κ1) is 15.5. The minimum absolute atomic E-state index is 0.0514. The highest BCUT2D eigenvalue weighted by Gasteiger charge is 2.25. The number of nitrogens with zero attached hydrogens (tertiary/aromatic N) is 2. The van der Waals surface area contributed by atoms with Crippen LogP contribution in [-0.4, -0.2) is 28.4 Å². The number of carbonyl (C=O) groups excluding carboxylic acids is 1. The Morgan fingerprint density at radius 2 is 2.00 bits per heavy atom. The monoisotopic (exact) mass is 324 g/mol. The number of hydrogen-bond acceptors (Lipinski definition) is 4. The average molecular weight is 325 g/mol. The number of aryl methyl sites for hydroxylation is 2. The summed E-state index contributed by atoms with van der Waals surface area (Å²) in [6, 6.07) is 5.02. The molecule has 1 heterocycles. The molecule has 2 rings (SSSR count). The van der Waals surface area contributed by atoms with Crippen molar-refractivity contribution >= 4 is 40.0 Å². The second kappa shape index (κ2) is 5.83. The number of carboxylic acids is 1. The molecule has 0 saturated carbocycles. The van der Waals surface area contributed by atoms with Crippen molar-refractivity contribution in [3.05, 3.63) is 45.6 Å². The van der Waals surface area contributed by atoms with Gasteiger partial charge in [0.1, 0.15) is 10.6 Å². The molecule has 0 saturated heterocycles. The van der Waals surface area contributed by atoms with Crippen LogP contribution in [0.1, 0.15) is 32.0 Å². The molecule has 7 heteroatoms. The van der Waals surface area contributed by atoms with Gasteiger partial charge in [0.15, 0.2) is 0 Å². The highest BCUT2D eigenvalue weighted by atomic mass is 35.5. The number of anilines is 1. The summed E-state index contributed by atoms with van der Waals surface area (Å²) in [5, 5.41) is 10.0. The van der Waals surface area contributed by atoms with Crippen molar-refractivity contribution in [2.75, 3.05) is 11.9 Å². The first-order chi connectivity index (χ1) is 9.82. The molecule has 0 atom stereocenters. The zero-order valence-corrected chi connectivity index (χ0v) is 13.2. The van der Waals surface area contributed by atoms with Crippen LogP contribution >= 0.6 is 23.1 Å². The lowest BCUT2D eigenvalue weighted by atomic mass is 10.1. The van der Waals surface area contributed by atoms with E-state index in [9.17, 15) is 14.7 Å². The lowest BCUT2D eigenvalue weighted by molar-refractivity contribution is 0.0697. The highest BCUT2D eigenvalue weighted by molar-refractivity contribution is 7.11. The average Bonchev–Trinajstić information content (AvgIpc) is 2.81. The van der Waals surface area contributed by atoms with Crippen LogP contribution in [0.3, 0.4) is 0 Å². The lowest BCUT2D eigenvalue weighted by Gasteiger charge is -2.17. The summed E-state index contributed by atoms with van der Waals surface area (Å²) >= 11 is 6.91. The van der Waals surface area contributed by atoms with E-state index in [-0.39, 0.29) is 11.5 Å². The molecule has 0 unspecified atom stereocenters. The molecule has 0 fully saturated rings. The van der Waals surface area contributed by atoms with E-state index in [0.29, 0.717) is 21.3 Å². The van der Waals surface area contributed by atoms with E-state index in [1.54, 1.807) is 32.0 Å². The van der Waals surface area contributed by atoms with Crippen LogP contribution in [-0.2, 0) is 0 Å². The molecular weight excluding hydrogens is 312 g/mol. The molecule has 0 radical (unpaired) electrons. The van der Waals surface area contributed by atoms with Gasteiger partial charge in [-0.15, -0.1) is 0 Å². The molecule has 1 amide bonds. The number of carboxylic acid groups (broad SMARTS) is 1. The third-order valence-electron chi connectivity index (χ3n) is 3.10. The number of rotatable bonds is 3. The van der Waals surface area contributed by atoms with E-state index in [0.717, 1.165) is 17.1 Å². The number of halogens is 1. The van der Waals surface area contributed by atoms with Gasteiger partial charge in [0.2, 0.25) is 0 Å². The summed E-state index contributed by atoms with van der Waals surface area (Å²) in [4.78, 5) is 25.1. The second-order valence-corrected chi connectivity index (χ2v) is 5.76. The van der Waals surface area contributed by atoms with Gasteiger partial charge in [-0.3, -0.25) is 4.79 Å². The maximum atomic E-state index is 12.6. The normalized spacial score (nSPS) is 10.5. The largest absolute Gasteiger partial charge is 0.478 e. The molecular formula is C14H13ClN2O3S. The number of aromatic nitrogens is 1. The number of benzene rings is 1. The molecule has 1 aromatic heterocycles. The van der Waals surface area contributed by atoms with Gasteiger partial charge in [0.05, 0.1) is 5.69 Å². The van der Waals surface area contributed by atoms with Gasteiger partial charge in [0.25, 0.3) is 5.91 Å². The van der Waals surface area contributed by atoms with Gasteiger partial charge in [-0.1, -0.05) is 17.7 Å². The Bertz CT molecular complexity index is 727. The number of aromatic carboxylic acids is 1. The van der Waals surface area contributed by atoms with Gasteiger partial charge in [0, 0.05) is 17.6 Å². The molecule has 0 spiro atoms. The molecule has 0 bridgehead atoms. The summed E-state index contributed by atoms with van der Waals surface area (Å²) in [6.07, 6.45) is 0. The topological polar surface area (TPSA) is 70.5 Å². The number of hydrogen-bond donors (Lipinski definition) is 1. The minimum Gasteiger partial charge on any atom is -0.478 e. The van der Waals surface area contributed by atoms with Crippen LogP contribution in [0, 0.1) is 13.8 Å². The molecule has 21 heavy (non-hydrogen) atoms. The maximum absolute atomic E-state index is 12.6. The Morgan fingerprint density at radius 3 is 2.62 bits per heavy atom.